The Kier molecular flexibility index (Phi) is 7.68. The number of hydrogen-bond donors (Lipinski definition) is 1. The zero-order chi connectivity index (χ0) is 31.2. The Bertz CT molecular complexity index is 1910. The summed E-state index contributed by atoms with van der Waals surface area (Å²) >= 11 is 0. The van der Waals surface area contributed by atoms with Gasteiger partial charge in [0.05, 0.1) is 42.6 Å². The van der Waals surface area contributed by atoms with Crippen molar-refractivity contribution in [1.82, 2.24) is 14.8 Å². The van der Waals surface area contributed by atoms with Crippen LogP contribution in [0.2, 0.25) is 0 Å². The standard InChI is InChI=1S/C31H29F2N5O5S/c1-18-10-28(43-30-24(32)4-3-5-25(30)33)35-16-27(18)38-31(34)23(15-36-38)29(39)21-11-19-13-22(17-44(2,40)41)26(14-20(19)12-21)37-6-8-42-9-7-37/h3-5,10,12-16H,6-9,11,17,34H2,1-2H3. The van der Waals surface area contributed by atoms with Gasteiger partial charge in [0, 0.05) is 43.1 Å². The minimum Gasteiger partial charge on any atom is -0.433 e. The summed E-state index contributed by atoms with van der Waals surface area (Å²) in [6, 6.07) is 8.70. The number of para-hydroxylation sites is 1. The van der Waals surface area contributed by atoms with Gasteiger partial charge in [-0.1, -0.05) is 12.1 Å². The molecule has 0 atom stereocenters. The number of carbonyl (C=O) groups is 1. The molecule has 1 fully saturated rings. The topological polar surface area (TPSA) is 130 Å². The molecule has 2 aliphatic rings. The molecule has 13 heteroatoms. The average molecular weight is 622 g/mol. The van der Waals surface area contributed by atoms with Crippen molar-refractivity contribution >= 4 is 33.2 Å². The predicted octanol–water partition coefficient (Wildman–Crippen LogP) is 4.43. The number of anilines is 2. The molecular formula is C31H29F2N5O5S. The minimum atomic E-state index is -3.30. The van der Waals surface area contributed by atoms with E-state index in [0.29, 0.717) is 55.1 Å². The number of ether oxygens (including phenoxy) is 2. The lowest BCUT2D eigenvalue weighted by Crippen LogP contribution is -2.37. The van der Waals surface area contributed by atoms with Crippen LogP contribution >= 0.6 is 0 Å². The van der Waals surface area contributed by atoms with Crippen LogP contribution in [0.3, 0.4) is 0 Å². The first-order chi connectivity index (χ1) is 21.0. The highest BCUT2D eigenvalue weighted by molar-refractivity contribution is 7.89. The molecule has 0 radical (unpaired) electrons. The zero-order valence-electron chi connectivity index (χ0n) is 24.0. The highest BCUT2D eigenvalue weighted by Crippen LogP contribution is 2.36. The van der Waals surface area contributed by atoms with E-state index in [1.165, 1.54) is 35.5 Å². The van der Waals surface area contributed by atoms with Crippen molar-refractivity contribution < 1.29 is 31.5 Å². The summed E-state index contributed by atoms with van der Waals surface area (Å²) in [5.74, 6) is -2.63. The van der Waals surface area contributed by atoms with Crippen molar-refractivity contribution in [2.24, 2.45) is 0 Å². The first-order valence-corrected chi connectivity index (χ1v) is 15.9. The van der Waals surface area contributed by atoms with Crippen molar-refractivity contribution in [3.8, 4) is 17.3 Å². The molecule has 228 valence electrons. The maximum Gasteiger partial charge on any atom is 0.219 e. The number of nitrogens with two attached hydrogens (primary N) is 1. The maximum absolute atomic E-state index is 14.0. The van der Waals surface area contributed by atoms with Gasteiger partial charge in [0.25, 0.3) is 0 Å². The highest BCUT2D eigenvalue weighted by Gasteiger charge is 2.27. The summed E-state index contributed by atoms with van der Waals surface area (Å²) in [7, 11) is -3.30. The first-order valence-electron chi connectivity index (χ1n) is 13.8. The monoisotopic (exact) mass is 621 g/mol. The summed E-state index contributed by atoms with van der Waals surface area (Å²) in [5, 5.41) is 4.32. The van der Waals surface area contributed by atoms with Crippen LogP contribution in [0, 0.1) is 18.6 Å². The molecule has 2 N–H and O–H groups in total. The fourth-order valence-corrected chi connectivity index (χ4v) is 6.25. The second-order valence-electron chi connectivity index (χ2n) is 10.8. The van der Waals surface area contributed by atoms with E-state index in [2.05, 4.69) is 15.0 Å². The van der Waals surface area contributed by atoms with Gasteiger partial charge < -0.3 is 20.1 Å². The number of carbonyl (C=O) groups excluding carboxylic acids is 1. The van der Waals surface area contributed by atoms with Crippen LogP contribution in [0.15, 0.2) is 54.4 Å². The fraction of sp³-hybridized carbons (Fsp3) is 0.258. The van der Waals surface area contributed by atoms with E-state index in [0.717, 1.165) is 28.9 Å². The molecule has 44 heavy (non-hydrogen) atoms. The van der Waals surface area contributed by atoms with Crippen LogP contribution in [0.5, 0.6) is 11.6 Å². The minimum absolute atomic E-state index is 0.0298. The largest absolute Gasteiger partial charge is 0.433 e. The number of sulfone groups is 1. The van der Waals surface area contributed by atoms with Crippen molar-refractivity contribution in [3.05, 3.63) is 93.8 Å². The molecule has 2 aromatic heterocycles. The predicted molar refractivity (Wildman–Crippen MR) is 161 cm³/mol. The van der Waals surface area contributed by atoms with Crippen LogP contribution in [-0.2, 0) is 26.7 Å². The van der Waals surface area contributed by atoms with E-state index in [-0.39, 0.29) is 28.8 Å². The third-order valence-electron chi connectivity index (χ3n) is 7.58. The van der Waals surface area contributed by atoms with E-state index in [9.17, 15) is 22.0 Å². The van der Waals surface area contributed by atoms with Gasteiger partial charge in [0.15, 0.2) is 27.3 Å². The van der Waals surface area contributed by atoms with Crippen molar-refractivity contribution in [1.29, 1.82) is 0 Å². The smallest absolute Gasteiger partial charge is 0.219 e. The zero-order valence-corrected chi connectivity index (χ0v) is 24.8. The summed E-state index contributed by atoms with van der Waals surface area (Å²) in [6.07, 6.45) is 6.11. The molecule has 3 heterocycles. The number of halogens is 2. The molecule has 6 rings (SSSR count). The van der Waals surface area contributed by atoms with Crippen molar-refractivity contribution in [2.45, 2.75) is 19.1 Å². The summed E-state index contributed by atoms with van der Waals surface area (Å²) < 4.78 is 64.7. The van der Waals surface area contributed by atoms with Crippen molar-refractivity contribution in [3.63, 3.8) is 0 Å². The number of nitrogens with zero attached hydrogens (tertiary/aromatic N) is 4. The van der Waals surface area contributed by atoms with E-state index in [1.54, 1.807) is 6.92 Å². The quantitative estimate of drug-likeness (QED) is 0.284. The third-order valence-corrected chi connectivity index (χ3v) is 8.41. The summed E-state index contributed by atoms with van der Waals surface area (Å²) in [6.45, 7) is 4.10. The van der Waals surface area contributed by atoms with E-state index < -0.39 is 27.2 Å². The van der Waals surface area contributed by atoms with Gasteiger partial charge in [-0.2, -0.15) is 5.10 Å². The molecule has 10 nitrogen and oxygen atoms in total. The molecule has 0 unspecified atom stereocenters. The molecule has 0 amide bonds. The number of pyridine rings is 1. The number of morpholine rings is 1. The molecular weight excluding hydrogens is 592 g/mol. The average Bonchev–Trinajstić information content (AvgIpc) is 3.57. The second kappa shape index (κ2) is 11.5. The van der Waals surface area contributed by atoms with Gasteiger partial charge in [-0.25, -0.2) is 26.9 Å². The Morgan fingerprint density at radius 2 is 1.82 bits per heavy atom. The van der Waals surface area contributed by atoms with Crippen molar-refractivity contribution in [2.75, 3.05) is 43.2 Å². The first kappa shape index (κ1) is 29.5. The SMILES string of the molecule is Cc1cc(Oc2c(F)cccc2F)ncc1-n1ncc(C(=O)C2=Cc3cc(N4CCOCC4)c(CS(C)(=O)=O)cc3C2)c1N. The number of benzene rings is 2. The second-order valence-corrected chi connectivity index (χ2v) is 13.0. The van der Waals surface area contributed by atoms with Gasteiger partial charge in [-0.3, -0.25) is 4.79 Å². The number of Topliss-reactive ketones (excluding diaryl/α,β-unsaturated/α-hetero) is 1. The number of hydrogen-bond acceptors (Lipinski definition) is 9. The lowest BCUT2D eigenvalue weighted by Gasteiger charge is -2.31. The lowest BCUT2D eigenvalue weighted by molar-refractivity contribution is 0.103. The number of fused-ring (bicyclic) bond motifs is 1. The van der Waals surface area contributed by atoms with E-state index in [1.807, 2.05) is 18.2 Å². The van der Waals surface area contributed by atoms with Gasteiger partial charge >= 0.3 is 0 Å². The summed E-state index contributed by atoms with van der Waals surface area (Å²) in [4.78, 5) is 19.9. The Labute approximate surface area is 252 Å². The molecule has 1 aliphatic carbocycles. The van der Waals surface area contributed by atoms with Crippen LogP contribution in [0.4, 0.5) is 20.3 Å². The molecule has 1 aliphatic heterocycles. The number of aromatic nitrogens is 3. The Morgan fingerprint density at radius 3 is 2.50 bits per heavy atom. The van der Waals surface area contributed by atoms with Crippen LogP contribution in [0.25, 0.3) is 11.8 Å². The molecule has 1 saturated heterocycles. The number of ketones is 1. The number of aryl methyl sites for hydroxylation is 1. The van der Waals surface area contributed by atoms with Crippen LogP contribution in [-0.4, -0.2) is 61.5 Å². The Hall–Kier alpha value is -4.62. The molecule has 0 saturated carbocycles. The van der Waals surface area contributed by atoms with Gasteiger partial charge in [-0.15, -0.1) is 0 Å². The molecule has 4 aromatic rings. The number of nitrogen functional groups attached to an aromatic ring is 1. The van der Waals surface area contributed by atoms with Crippen LogP contribution < -0.4 is 15.4 Å². The van der Waals surface area contributed by atoms with E-state index >= 15 is 0 Å². The normalized spacial score (nSPS) is 14.8. The van der Waals surface area contributed by atoms with Crippen LogP contribution in [0.1, 0.15) is 32.6 Å². The van der Waals surface area contributed by atoms with Gasteiger partial charge in [0.1, 0.15) is 5.82 Å². The van der Waals surface area contributed by atoms with E-state index in [4.69, 9.17) is 15.2 Å². The van der Waals surface area contributed by atoms with Gasteiger partial charge in [0.2, 0.25) is 11.6 Å². The Morgan fingerprint density at radius 1 is 1.09 bits per heavy atom. The molecule has 0 spiro atoms. The number of allylic oxidation sites excluding steroid dienone is 1. The fourth-order valence-electron chi connectivity index (χ4n) is 5.46. The highest BCUT2D eigenvalue weighted by atomic mass is 32.2. The third kappa shape index (κ3) is 5.80. The number of rotatable bonds is 8. The molecule has 0 bridgehead atoms. The Balaban J connectivity index is 1.26. The summed E-state index contributed by atoms with van der Waals surface area (Å²) in [5.41, 5.74) is 11.4. The molecule has 2 aromatic carbocycles. The van der Waals surface area contributed by atoms with Gasteiger partial charge in [-0.05, 0) is 53.5 Å². The lowest BCUT2D eigenvalue weighted by atomic mass is 10.0. The maximum atomic E-state index is 14.0.